The Bertz CT molecular complexity index is 622. The van der Waals surface area contributed by atoms with Gasteiger partial charge in [-0.3, -0.25) is 4.90 Å². The van der Waals surface area contributed by atoms with Crippen molar-refractivity contribution in [1.29, 1.82) is 0 Å². The first-order chi connectivity index (χ1) is 12.2. The van der Waals surface area contributed by atoms with Gasteiger partial charge in [-0.25, -0.2) is 9.59 Å². The van der Waals surface area contributed by atoms with Crippen LogP contribution in [0.15, 0.2) is 24.3 Å². The predicted octanol–water partition coefficient (Wildman–Crippen LogP) is 2.88. The Morgan fingerprint density at radius 2 is 1.81 bits per heavy atom. The topological polar surface area (TPSA) is 74.3 Å². The second-order valence-electron chi connectivity index (χ2n) is 7.21. The highest BCUT2D eigenvalue weighted by Gasteiger charge is 2.38. The maximum Gasteiger partial charge on any atom is 0.410 e. The molecular weight excluding hydrogens is 338 g/mol. The van der Waals surface area contributed by atoms with E-state index in [0.717, 1.165) is 0 Å². The van der Waals surface area contributed by atoms with Gasteiger partial charge in [0, 0.05) is 7.11 Å². The number of carbonyl (C=O) groups excluding carboxylic acids is 2. The van der Waals surface area contributed by atoms with Gasteiger partial charge in [-0.1, -0.05) is 0 Å². The number of rotatable bonds is 5. The van der Waals surface area contributed by atoms with Crippen LogP contribution in [-0.4, -0.2) is 62.1 Å². The summed E-state index contributed by atoms with van der Waals surface area (Å²) in [5.41, 5.74) is -0.104. The van der Waals surface area contributed by atoms with Gasteiger partial charge in [0.1, 0.15) is 18.0 Å². The average Bonchev–Trinajstić information content (AvgIpc) is 3.02. The highest BCUT2D eigenvalue weighted by atomic mass is 16.6. The fraction of sp³-hybridized carbons (Fsp3) is 0.579. The number of ether oxygens (including phenoxy) is 4. The molecule has 144 valence electrons. The zero-order valence-corrected chi connectivity index (χ0v) is 16.0. The lowest BCUT2D eigenvalue weighted by atomic mass is 10.2. The van der Waals surface area contributed by atoms with E-state index in [4.69, 9.17) is 14.2 Å². The van der Waals surface area contributed by atoms with E-state index in [2.05, 4.69) is 4.74 Å². The second kappa shape index (κ2) is 8.40. The zero-order valence-electron chi connectivity index (χ0n) is 16.0. The van der Waals surface area contributed by atoms with Gasteiger partial charge >= 0.3 is 12.1 Å². The van der Waals surface area contributed by atoms with Crippen molar-refractivity contribution in [2.45, 2.75) is 44.9 Å². The van der Waals surface area contributed by atoms with E-state index in [9.17, 15) is 9.59 Å². The van der Waals surface area contributed by atoms with Crippen LogP contribution in [0.3, 0.4) is 0 Å². The Hall–Kier alpha value is -2.28. The SMILES string of the molecule is COC(=O)c1ccc(OC[C@@H]2C[C@@H](OC)CN2C(=O)OC(C)(C)C)cc1. The molecular formula is C19H27NO6. The average molecular weight is 365 g/mol. The minimum absolute atomic E-state index is 0.0437. The molecule has 0 bridgehead atoms. The summed E-state index contributed by atoms with van der Waals surface area (Å²) in [6.07, 6.45) is 0.264. The molecule has 0 saturated carbocycles. The van der Waals surface area contributed by atoms with Gasteiger partial charge in [0.25, 0.3) is 0 Å². The van der Waals surface area contributed by atoms with E-state index in [0.29, 0.717) is 30.9 Å². The zero-order chi connectivity index (χ0) is 19.3. The van der Waals surface area contributed by atoms with Crippen LogP contribution in [0.25, 0.3) is 0 Å². The molecule has 7 nitrogen and oxygen atoms in total. The molecule has 2 atom stereocenters. The monoisotopic (exact) mass is 365 g/mol. The Morgan fingerprint density at radius 1 is 1.15 bits per heavy atom. The quantitative estimate of drug-likeness (QED) is 0.747. The van der Waals surface area contributed by atoms with Crippen molar-refractivity contribution in [3.63, 3.8) is 0 Å². The van der Waals surface area contributed by atoms with Crippen LogP contribution in [0.4, 0.5) is 4.79 Å². The molecule has 1 aromatic rings. The highest BCUT2D eigenvalue weighted by molar-refractivity contribution is 5.89. The van der Waals surface area contributed by atoms with Gasteiger partial charge in [-0.2, -0.15) is 0 Å². The molecule has 1 aliphatic rings. The lowest BCUT2D eigenvalue weighted by molar-refractivity contribution is 0.0163. The van der Waals surface area contributed by atoms with Gasteiger partial charge in [-0.05, 0) is 51.5 Å². The van der Waals surface area contributed by atoms with E-state index in [-0.39, 0.29) is 18.2 Å². The second-order valence-corrected chi connectivity index (χ2v) is 7.21. The van der Waals surface area contributed by atoms with Gasteiger partial charge in [-0.15, -0.1) is 0 Å². The number of hydrogen-bond acceptors (Lipinski definition) is 6. The minimum atomic E-state index is -0.558. The van der Waals surface area contributed by atoms with Crippen molar-refractivity contribution in [2.75, 3.05) is 27.4 Å². The first-order valence-electron chi connectivity index (χ1n) is 8.57. The maximum atomic E-state index is 12.4. The van der Waals surface area contributed by atoms with Crippen LogP contribution in [0.5, 0.6) is 5.75 Å². The van der Waals surface area contributed by atoms with Crippen molar-refractivity contribution in [3.8, 4) is 5.75 Å². The summed E-state index contributed by atoms with van der Waals surface area (Å²) in [6.45, 7) is 6.30. The summed E-state index contributed by atoms with van der Waals surface area (Å²) < 4.78 is 21.4. The number of benzene rings is 1. The number of amides is 1. The molecule has 1 fully saturated rings. The molecule has 0 N–H and O–H groups in total. The normalized spacial score (nSPS) is 20.0. The third-order valence-electron chi connectivity index (χ3n) is 4.06. The Kier molecular flexibility index (Phi) is 6.47. The standard InChI is InChI=1S/C19H27NO6/c1-19(2,3)26-18(22)20-11-16(23-4)10-14(20)12-25-15-8-6-13(7-9-15)17(21)24-5/h6-9,14,16H,10-12H2,1-5H3/t14-,16+/m0/s1. The van der Waals surface area contributed by atoms with Gasteiger partial charge in [0.15, 0.2) is 0 Å². The Balaban J connectivity index is 1.99. The summed E-state index contributed by atoms with van der Waals surface area (Å²) in [5, 5.41) is 0. The van der Waals surface area contributed by atoms with Crippen LogP contribution >= 0.6 is 0 Å². The summed E-state index contributed by atoms with van der Waals surface area (Å²) in [7, 11) is 2.97. The summed E-state index contributed by atoms with van der Waals surface area (Å²) in [4.78, 5) is 25.6. The summed E-state index contributed by atoms with van der Waals surface area (Å²) in [6, 6.07) is 6.54. The number of methoxy groups -OCH3 is 2. The largest absolute Gasteiger partial charge is 0.491 e. The van der Waals surface area contributed by atoms with Crippen LogP contribution in [0, 0.1) is 0 Å². The van der Waals surface area contributed by atoms with Crippen molar-refractivity contribution in [3.05, 3.63) is 29.8 Å². The third-order valence-corrected chi connectivity index (χ3v) is 4.06. The first kappa shape index (κ1) is 20.0. The molecule has 2 rings (SSSR count). The Morgan fingerprint density at radius 3 is 2.35 bits per heavy atom. The molecule has 1 saturated heterocycles. The Labute approximate surface area is 154 Å². The molecule has 0 radical (unpaired) electrons. The fourth-order valence-electron chi connectivity index (χ4n) is 2.74. The van der Waals surface area contributed by atoms with E-state index in [1.807, 2.05) is 20.8 Å². The maximum absolute atomic E-state index is 12.4. The predicted molar refractivity (Wildman–Crippen MR) is 95.4 cm³/mol. The van der Waals surface area contributed by atoms with Crippen molar-refractivity contribution in [2.24, 2.45) is 0 Å². The van der Waals surface area contributed by atoms with Crippen LogP contribution in [-0.2, 0) is 14.2 Å². The number of likely N-dealkylation sites (tertiary alicyclic amines) is 1. The highest BCUT2D eigenvalue weighted by Crippen LogP contribution is 2.24. The molecule has 0 aromatic heterocycles. The van der Waals surface area contributed by atoms with Crippen LogP contribution < -0.4 is 4.74 Å². The number of esters is 1. The van der Waals surface area contributed by atoms with E-state index < -0.39 is 11.6 Å². The molecule has 0 unspecified atom stereocenters. The molecule has 1 amide bonds. The van der Waals surface area contributed by atoms with Gasteiger partial charge < -0.3 is 18.9 Å². The smallest absolute Gasteiger partial charge is 0.410 e. The molecule has 1 heterocycles. The van der Waals surface area contributed by atoms with E-state index >= 15 is 0 Å². The number of carbonyl (C=O) groups is 2. The summed E-state index contributed by atoms with van der Waals surface area (Å²) in [5.74, 6) is 0.217. The molecule has 7 heteroatoms. The molecule has 0 aliphatic carbocycles. The van der Waals surface area contributed by atoms with Gasteiger partial charge in [0.05, 0.1) is 31.4 Å². The summed E-state index contributed by atoms with van der Waals surface area (Å²) >= 11 is 0. The van der Waals surface area contributed by atoms with Crippen molar-refractivity contribution >= 4 is 12.1 Å². The molecule has 0 spiro atoms. The lowest BCUT2D eigenvalue weighted by Gasteiger charge is -2.28. The van der Waals surface area contributed by atoms with Crippen LogP contribution in [0.1, 0.15) is 37.6 Å². The first-order valence-corrected chi connectivity index (χ1v) is 8.57. The molecule has 1 aliphatic heterocycles. The van der Waals surface area contributed by atoms with Crippen LogP contribution in [0.2, 0.25) is 0 Å². The number of nitrogens with zero attached hydrogens (tertiary/aromatic N) is 1. The lowest BCUT2D eigenvalue weighted by Crippen LogP contribution is -2.42. The van der Waals surface area contributed by atoms with E-state index in [1.54, 1.807) is 36.3 Å². The van der Waals surface area contributed by atoms with E-state index in [1.165, 1.54) is 7.11 Å². The fourth-order valence-corrected chi connectivity index (χ4v) is 2.74. The number of hydrogen-bond donors (Lipinski definition) is 0. The minimum Gasteiger partial charge on any atom is -0.491 e. The van der Waals surface area contributed by atoms with Crippen molar-refractivity contribution in [1.82, 2.24) is 4.90 Å². The molecule has 1 aromatic carbocycles. The third kappa shape index (κ3) is 5.36. The van der Waals surface area contributed by atoms with Gasteiger partial charge in [0.2, 0.25) is 0 Å². The van der Waals surface area contributed by atoms with Crippen molar-refractivity contribution < 1.29 is 28.5 Å². The molecule has 26 heavy (non-hydrogen) atoms.